The highest BCUT2D eigenvalue weighted by molar-refractivity contribution is 6.34. The van der Waals surface area contributed by atoms with E-state index in [0.717, 1.165) is 17.2 Å². The number of rotatable bonds is 7. The Labute approximate surface area is 166 Å². The molecule has 0 aliphatic carbocycles. The quantitative estimate of drug-likeness (QED) is 0.461. The summed E-state index contributed by atoms with van der Waals surface area (Å²) in [5.74, 6) is 0.291. The summed E-state index contributed by atoms with van der Waals surface area (Å²) in [7, 11) is 0. The molecular formula is C21H17ClN2O4. The van der Waals surface area contributed by atoms with Crippen LogP contribution in [0.15, 0.2) is 72.8 Å². The lowest BCUT2D eigenvalue weighted by Gasteiger charge is -2.10. The van der Waals surface area contributed by atoms with E-state index in [0.29, 0.717) is 12.4 Å². The molecule has 0 fully saturated rings. The summed E-state index contributed by atoms with van der Waals surface area (Å²) < 4.78 is 5.78. The normalized spacial score (nSPS) is 10.3. The fourth-order valence-corrected chi connectivity index (χ4v) is 2.83. The van der Waals surface area contributed by atoms with Gasteiger partial charge in [0.25, 0.3) is 11.6 Å². The zero-order chi connectivity index (χ0) is 19.9. The van der Waals surface area contributed by atoms with Crippen molar-refractivity contribution in [3.05, 3.63) is 105 Å². The third kappa shape index (κ3) is 5.08. The summed E-state index contributed by atoms with van der Waals surface area (Å²) in [5, 5.41) is 13.5. The second-order valence-corrected chi connectivity index (χ2v) is 6.43. The molecule has 3 aromatic carbocycles. The van der Waals surface area contributed by atoms with Crippen molar-refractivity contribution in [2.45, 2.75) is 13.2 Å². The van der Waals surface area contributed by atoms with Crippen molar-refractivity contribution < 1.29 is 14.5 Å². The highest BCUT2D eigenvalue weighted by Gasteiger charge is 2.14. The summed E-state index contributed by atoms with van der Waals surface area (Å²) in [5.41, 5.74) is 1.94. The number of benzene rings is 3. The molecule has 142 valence electrons. The Kier molecular flexibility index (Phi) is 6.24. The van der Waals surface area contributed by atoms with E-state index < -0.39 is 10.8 Å². The summed E-state index contributed by atoms with van der Waals surface area (Å²) in [6, 6.07) is 21.0. The summed E-state index contributed by atoms with van der Waals surface area (Å²) in [6.45, 7) is 0.726. The largest absolute Gasteiger partial charge is 0.489 e. The molecule has 0 aromatic heterocycles. The second-order valence-electron chi connectivity index (χ2n) is 6.03. The Bertz CT molecular complexity index is 993. The molecule has 1 N–H and O–H groups in total. The zero-order valence-electron chi connectivity index (χ0n) is 14.8. The number of amides is 1. The smallest absolute Gasteiger partial charge is 0.270 e. The lowest BCUT2D eigenvalue weighted by molar-refractivity contribution is -0.384. The van der Waals surface area contributed by atoms with Gasteiger partial charge in [-0.05, 0) is 29.3 Å². The molecule has 0 atom stereocenters. The molecule has 0 aliphatic rings. The van der Waals surface area contributed by atoms with E-state index in [4.69, 9.17) is 16.3 Å². The number of nitro benzene ring substituents is 1. The lowest BCUT2D eigenvalue weighted by atomic mass is 10.1. The van der Waals surface area contributed by atoms with Crippen LogP contribution in [-0.4, -0.2) is 10.8 Å². The minimum atomic E-state index is -0.561. The average Bonchev–Trinajstić information content (AvgIpc) is 2.71. The van der Waals surface area contributed by atoms with Crippen LogP contribution in [0.1, 0.15) is 21.5 Å². The topological polar surface area (TPSA) is 81.5 Å². The van der Waals surface area contributed by atoms with Gasteiger partial charge in [0.05, 0.1) is 15.5 Å². The molecular weight excluding hydrogens is 380 g/mol. The minimum Gasteiger partial charge on any atom is -0.489 e. The molecule has 1 amide bonds. The Hall–Kier alpha value is -3.38. The van der Waals surface area contributed by atoms with E-state index in [2.05, 4.69) is 5.32 Å². The average molecular weight is 397 g/mol. The second kappa shape index (κ2) is 9.01. The third-order valence-corrected chi connectivity index (χ3v) is 4.32. The van der Waals surface area contributed by atoms with Crippen LogP contribution in [-0.2, 0) is 13.2 Å². The van der Waals surface area contributed by atoms with E-state index in [1.807, 2.05) is 54.6 Å². The SMILES string of the molecule is O=C(NCc1cccc(OCc2ccccc2)c1)c1ccc([N+](=O)[O-])cc1Cl. The van der Waals surface area contributed by atoms with E-state index in [-0.39, 0.29) is 22.8 Å². The van der Waals surface area contributed by atoms with E-state index in [1.165, 1.54) is 12.1 Å². The predicted octanol–water partition coefficient (Wildman–Crippen LogP) is 4.76. The van der Waals surface area contributed by atoms with Gasteiger partial charge in [-0.1, -0.05) is 54.1 Å². The van der Waals surface area contributed by atoms with Crippen LogP contribution in [0.5, 0.6) is 5.75 Å². The Morgan fingerprint density at radius 3 is 2.46 bits per heavy atom. The number of nitrogens with zero attached hydrogens (tertiary/aromatic N) is 1. The molecule has 7 heteroatoms. The molecule has 0 heterocycles. The molecule has 3 rings (SSSR count). The number of nitrogens with one attached hydrogen (secondary N) is 1. The van der Waals surface area contributed by atoms with Gasteiger partial charge in [-0.25, -0.2) is 0 Å². The van der Waals surface area contributed by atoms with Gasteiger partial charge in [0.2, 0.25) is 0 Å². The van der Waals surface area contributed by atoms with Crippen molar-refractivity contribution in [1.82, 2.24) is 5.32 Å². The number of hydrogen-bond acceptors (Lipinski definition) is 4. The Morgan fingerprint density at radius 2 is 1.75 bits per heavy atom. The van der Waals surface area contributed by atoms with Crippen molar-refractivity contribution in [2.75, 3.05) is 0 Å². The number of non-ortho nitro benzene ring substituents is 1. The number of ether oxygens (including phenoxy) is 1. The van der Waals surface area contributed by atoms with E-state index in [1.54, 1.807) is 0 Å². The van der Waals surface area contributed by atoms with Crippen LogP contribution in [0.2, 0.25) is 5.02 Å². The van der Waals surface area contributed by atoms with Crippen molar-refractivity contribution in [3.63, 3.8) is 0 Å². The number of nitro groups is 1. The molecule has 28 heavy (non-hydrogen) atoms. The Balaban J connectivity index is 1.60. The van der Waals surface area contributed by atoms with E-state index >= 15 is 0 Å². The molecule has 0 bridgehead atoms. The summed E-state index contributed by atoms with van der Waals surface area (Å²) in [4.78, 5) is 22.5. The van der Waals surface area contributed by atoms with Crippen LogP contribution in [0, 0.1) is 10.1 Å². The lowest BCUT2D eigenvalue weighted by Crippen LogP contribution is -2.23. The van der Waals surface area contributed by atoms with Gasteiger partial charge in [-0.15, -0.1) is 0 Å². The minimum absolute atomic E-state index is 0.0339. The maximum absolute atomic E-state index is 12.3. The van der Waals surface area contributed by atoms with Crippen molar-refractivity contribution >= 4 is 23.2 Å². The summed E-state index contributed by atoms with van der Waals surface area (Å²) >= 11 is 5.99. The first-order valence-electron chi connectivity index (χ1n) is 8.51. The number of carbonyl (C=O) groups is 1. The van der Waals surface area contributed by atoms with Gasteiger partial charge in [-0.2, -0.15) is 0 Å². The van der Waals surface area contributed by atoms with Crippen LogP contribution in [0.3, 0.4) is 0 Å². The van der Waals surface area contributed by atoms with Gasteiger partial charge in [0, 0.05) is 18.7 Å². The molecule has 0 radical (unpaired) electrons. The maximum Gasteiger partial charge on any atom is 0.270 e. The number of hydrogen-bond donors (Lipinski definition) is 1. The Morgan fingerprint density at radius 1 is 1.00 bits per heavy atom. The molecule has 0 spiro atoms. The van der Waals surface area contributed by atoms with E-state index in [9.17, 15) is 14.9 Å². The first-order valence-corrected chi connectivity index (χ1v) is 8.88. The van der Waals surface area contributed by atoms with Gasteiger partial charge in [-0.3, -0.25) is 14.9 Å². The van der Waals surface area contributed by atoms with Crippen molar-refractivity contribution in [2.24, 2.45) is 0 Å². The van der Waals surface area contributed by atoms with Crippen molar-refractivity contribution in [1.29, 1.82) is 0 Å². The molecule has 0 unspecified atom stereocenters. The van der Waals surface area contributed by atoms with Crippen LogP contribution in [0.4, 0.5) is 5.69 Å². The van der Waals surface area contributed by atoms with Gasteiger partial charge in [0.15, 0.2) is 0 Å². The molecule has 3 aromatic rings. The van der Waals surface area contributed by atoms with Crippen LogP contribution >= 0.6 is 11.6 Å². The highest BCUT2D eigenvalue weighted by atomic mass is 35.5. The highest BCUT2D eigenvalue weighted by Crippen LogP contribution is 2.22. The number of halogens is 1. The first-order chi connectivity index (χ1) is 13.5. The molecule has 6 nitrogen and oxygen atoms in total. The van der Waals surface area contributed by atoms with Gasteiger partial charge < -0.3 is 10.1 Å². The molecule has 0 saturated heterocycles. The number of carbonyl (C=O) groups excluding carboxylic acids is 1. The monoisotopic (exact) mass is 396 g/mol. The van der Waals surface area contributed by atoms with Gasteiger partial charge >= 0.3 is 0 Å². The van der Waals surface area contributed by atoms with Gasteiger partial charge in [0.1, 0.15) is 12.4 Å². The van der Waals surface area contributed by atoms with Crippen LogP contribution < -0.4 is 10.1 Å². The summed E-state index contributed by atoms with van der Waals surface area (Å²) in [6.07, 6.45) is 0. The maximum atomic E-state index is 12.3. The van der Waals surface area contributed by atoms with Crippen LogP contribution in [0.25, 0.3) is 0 Å². The standard InChI is InChI=1S/C21H17ClN2O4/c22-20-12-17(24(26)27)9-10-19(20)21(25)23-13-16-7-4-8-18(11-16)28-14-15-5-2-1-3-6-15/h1-12H,13-14H2,(H,23,25). The fraction of sp³-hybridized carbons (Fsp3) is 0.0952. The third-order valence-electron chi connectivity index (χ3n) is 4.01. The van der Waals surface area contributed by atoms with Crippen molar-refractivity contribution in [3.8, 4) is 5.75 Å². The predicted molar refractivity (Wildman–Crippen MR) is 106 cm³/mol. The molecule has 0 saturated carbocycles. The fourth-order valence-electron chi connectivity index (χ4n) is 2.57. The first kappa shape index (κ1) is 19.4. The zero-order valence-corrected chi connectivity index (χ0v) is 15.6. The molecule has 0 aliphatic heterocycles.